The number of likely N-dealkylation sites (tertiary alicyclic amines) is 1. The Morgan fingerprint density at radius 2 is 1.94 bits per heavy atom. The maximum absolute atomic E-state index is 12.8. The molecule has 2 fully saturated rings. The van der Waals surface area contributed by atoms with Gasteiger partial charge in [-0.3, -0.25) is 9.69 Å². The summed E-state index contributed by atoms with van der Waals surface area (Å²) in [4.78, 5) is 15.1. The molecule has 0 spiro atoms. The zero-order valence-electron chi connectivity index (χ0n) is 17.8. The second kappa shape index (κ2) is 8.52. The first-order valence-corrected chi connectivity index (χ1v) is 11.3. The number of amides is 1. The number of benzene rings is 2. The van der Waals surface area contributed by atoms with Gasteiger partial charge >= 0.3 is 0 Å². The fourth-order valence-corrected chi connectivity index (χ4v) is 5.50. The monoisotopic (exact) mass is 422 g/mol. The van der Waals surface area contributed by atoms with Crippen LogP contribution in [0.2, 0.25) is 0 Å². The van der Waals surface area contributed by atoms with E-state index in [9.17, 15) is 9.90 Å². The molecule has 0 aromatic heterocycles. The van der Waals surface area contributed by atoms with E-state index in [-0.39, 0.29) is 24.7 Å². The number of nitrogens with zero attached hydrogens (tertiary/aromatic N) is 1. The van der Waals surface area contributed by atoms with Crippen molar-refractivity contribution in [3.8, 4) is 11.5 Å². The van der Waals surface area contributed by atoms with Crippen molar-refractivity contribution in [3.05, 3.63) is 59.7 Å². The van der Waals surface area contributed by atoms with Crippen molar-refractivity contribution in [2.45, 2.75) is 50.3 Å². The highest BCUT2D eigenvalue weighted by molar-refractivity contribution is 5.78. The normalized spacial score (nSPS) is 27.5. The first kappa shape index (κ1) is 20.3. The fourth-order valence-electron chi connectivity index (χ4n) is 5.50. The lowest BCUT2D eigenvalue weighted by Crippen LogP contribution is -2.56. The zero-order valence-corrected chi connectivity index (χ0v) is 17.8. The van der Waals surface area contributed by atoms with Crippen LogP contribution in [0.5, 0.6) is 11.5 Å². The van der Waals surface area contributed by atoms with E-state index in [2.05, 4.69) is 16.3 Å². The Kier molecular flexibility index (Phi) is 5.59. The van der Waals surface area contributed by atoms with Crippen LogP contribution in [-0.4, -0.2) is 41.4 Å². The second-order valence-electron chi connectivity index (χ2n) is 9.00. The van der Waals surface area contributed by atoms with E-state index < -0.39 is 5.60 Å². The van der Waals surface area contributed by atoms with Gasteiger partial charge in [-0.15, -0.1) is 0 Å². The third kappa shape index (κ3) is 4.14. The van der Waals surface area contributed by atoms with E-state index in [1.165, 1.54) is 0 Å². The van der Waals surface area contributed by atoms with Crippen LogP contribution in [0, 0.1) is 5.92 Å². The molecule has 1 saturated carbocycles. The molecule has 31 heavy (non-hydrogen) atoms. The molecule has 2 aromatic carbocycles. The summed E-state index contributed by atoms with van der Waals surface area (Å²) in [7, 11) is 0. The molecule has 0 bridgehead atoms. The molecule has 164 valence electrons. The van der Waals surface area contributed by atoms with Gasteiger partial charge < -0.3 is 19.9 Å². The van der Waals surface area contributed by atoms with Gasteiger partial charge in [-0.2, -0.15) is 0 Å². The molecule has 2 N–H and O–H groups in total. The molecule has 2 heterocycles. The van der Waals surface area contributed by atoms with Crippen molar-refractivity contribution in [1.82, 2.24) is 10.2 Å². The number of hydrogen-bond donors (Lipinski definition) is 2. The highest BCUT2D eigenvalue weighted by Gasteiger charge is 2.49. The zero-order chi connectivity index (χ0) is 21.3. The molecule has 3 atom stereocenters. The van der Waals surface area contributed by atoms with Crippen LogP contribution in [0.3, 0.4) is 0 Å². The SMILES string of the molecule is O=C(CN1CC[C@]2(O)CCCC[C@H]2[C@@H]1c1ccc2c(c1)OCO2)NCc1ccccc1. The first-order valence-electron chi connectivity index (χ1n) is 11.3. The van der Waals surface area contributed by atoms with Crippen LogP contribution >= 0.6 is 0 Å². The van der Waals surface area contributed by atoms with Gasteiger partial charge in [0.1, 0.15) is 0 Å². The topological polar surface area (TPSA) is 71.0 Å². The molecule has 6 nitrogen and oxygen atoms in total. The van der Waals surface area contributed by atoms with E-state index in [0.29, 0.717) is 26.1 Å². The van der Waals surface area contributed by atoms with E-state index in [1.807, 2.05) is 42.5 Å². The minimum absolute atomic E-state index is 0.0100. The highest BCUT2D eigenvalue weighted by Crippen LogP contribution is 2.50. The number of piperidine rings is 1. The van der Waals surface area contributed by atoms with Crippen molar-refractivity contribution in [3.63, 3.8) is 0 Å². The van der Waals surface area contributed by atoms with Crippen LogP contribution in [0.15, 0.2) is 48.5 Å². The summed E-state index contributed by atoms with van der Waals surface area (Å²) >= 11 is 0. The summed E-state index contributed by atoms with van der Waals surface area (Å²) in [6, 6.07) is 16.0. The third-order valence-corrected chi connectivity index (χ3v) is 7.09. The largest absolute Gasteiger partial charge is 0.454 e. The summed E-state index contributed by atoms with van der Waals surface area (Å²) in [6.45, 7) is 1.78. The quantitative estimate of drug-likeness (QED) is 0.773. The Balaban J connectivity index is 1.36. The van der Waals surface area contributed by atoms with Crippen molar-refractivity contribution < 1.29 is 19.4 Å². The summed E-state index contributed by atoms with van der Waals surface area (Å²) in [5.74, 6) is 1.62. The molecular weight excluding hydrogens is 392 g/mol. The fraction of sp³-hybridized carbons (Fsp3) is 0.480. The van der Waals surface area contributed by atoms with Crippen LogP contribution < -0.4 is 14.8 Å². The summed E-state index contributed by atoms with van der Waals surface area (Å²) in [6.07, 6.45) is 4.70. The molecule has 6 heteroatoms. The average Bonchev–Trinajstić information content (AvgIpc) is 3.26. The van der Waals surface area contributed by atoms with Gasteiger partial charge in [0.05, 0.1) is 12.1 Å². The maximum atomic E-state index is 12.8. The number of carbonyl (C=O) groups excluding carboxylic acids is 1. The van der Waals surface area contributed by atoms with E-state index in [0.717, 1.165) is 48.3 Å². The van der Waals surface area contributed by atoms with Gasteiger partial charge in [0.2, 0.25) is 12.7 Å². The van der Waals surface area contributed by atoms with Gasteiger partial charge in [0, 0.05) is 25.0 Å². The Labute approximate surface area is 183 Å². The van der Waals surface area contributed by atoms with Gasteiger partial charge in [-0.1, -0.05) is 49.2 Å². The van der Waals surface area contributed by atoms with E-state index >= 15 is 0 Å². The summed E-state index contributed by atoms with van der Waals surface area (Å²) < 4.78 is 11.1. The molecule has 3 aliphatic rings. The smallest absolute Gasteiger partial charge is 0.234 e. The molecule has 1 saturated heterocycles. The van der Waals surface area contributed by atoms with Gasteiger partial charge in [0.25, 0.3) is 0 Å². The predicted molar refractivity (Wildman–Crippen MR) is 117 cm³/mol. The molecule has 0 radical (unpaired) electrons. The molecule has 5 rings (SSSR count). The lowest BCUT2D eigenvalue weighted by molar-refractivity contribution is -0.138. The molecule has 1 aliphatic carbocycles. The molecule has 2 aliphatic heterocycles. The number of nitrogens with one attached hydrogen (secondary N) is 1. The Hall–Kier alpha value is -2.57. The van der Waals surface area contributed by atoms with Gasteiger partial charge in [-0.05, 0) is 42.5 Å². The Morgan fingerprint density at radius 1 is 1.10 bits per heavy atom. The lowest BCUT2D eigenvalue weighted by atomic mass is 9.66. The molecular formula is C25H30N2O4. The second-order valence-corrected chi connectivity index (χ2v) is 9.00. The van der Waals surface area contributed by atoms with Gasteiger partial charge in [-0.25, -0.2) is 0 Å². The lowest BCUT2D eigenvalue weighted by Gasteiger charge is -2.52. The van der Waals surface area contributed by atoms with E-state index in [1.54, 1.807) is 0 Å². The number of ether oxygens (including phenoxy) is 2. The average molecular weight is 423 g/mol. The number of hydrogen-bond acceptors (Lipinski definition) is 5. The maximum Gasteiger partial charge on any atom is 0.234 e. The first-order chi connectivity index (χ1) is 15.1. The molecule has 1 amide bonds. The van der Waals surface area contributed by atoms with E-state index in [4.69, 9.17) is 9.47 Å². The number of fused-ring (bicyclic) bond motifs is 2. The highest BCUT2D eigenvalue weighted by atomic mass is 16.7. The number of rotatable bonds is 5. The molecule has 0 unspecified atom stereocenters. The van der Waals surface area contributed by atoms with Crippen LogP contribution in [0.1, 0.15) is 49.3 Å². The van der Waals surface area contributed by atoms with Crippen molar-refractivity contribution >= 4 is 5.91 Å². The van der Waals surface area contributed by atoms with Crippen molar-refractivity contribution in [1.29, 1.82) is 0 Å². The minimum Gasteiger partial charge on any atom is -0.454 e. The van der Waals surface area contributed by atoms with Crippen LogP contribution in [0.4, 0.5) is 0 Å². The van der Waals surface area contributed by atoms with Gasteiger partial charge in [0.15, 0.2) is 11.5 Å². The Bertz CT molecular complexity index is 934. The molecule has 2 aromatic rings. The minimum atomic E-state index is -0.656. The van der Waals surface area contributed by atoms with Crippen molar-refractivity contribution in [2.75, 3.05) is 19.9 Å². The standard InChI is InChI=1S/C25H30N2O4/c28-23(26-15-18-6-2-1-3-7-18)16-27-13-12-25(29)11-5-4-8-20(25)24(27)19-9-10-21-22(14-19)31-17-30-21/h1-3,6-7,9-10,14,20,24,29H,4-5,8,11-13,15-17H2,(H,26,28)/t20-,24-,25+/m0/s1. The van der Waals surface area contributed by atoms with Crippen molar-refractivity contribution in [2.24, 2.45) is 5.92 Å². The van der Waals surface area contributed by atoms with Crippen LogP contribution in [-0.2, 0) is 11.3 Å². The Morgan fingerprint density at radius 3 is 2.81 bits per heavy atom. The number of carbonyl (C=O) groups is 1. The predicted octanol–water partition coefficient (Wildman–Crippen LogP) is 3.40. The number of aliphatic hydroxyl groups is 1. The third-order valence-electron chi connectivity index (χ3n) is 7.09. The summed E-state index contributed by atoms with van der Waals surface area (Å²) in [5, 5.41) is 14.5. The van der Waals surface area contributed by atoms with Crippen LogP contribution in [0.25, 0.3) is 0 Å². The summed E-state index contributed by atoms with van der Waals surface area (Å²) in [5.41, 5.74) is 1.52.